The molecule has 2 aromatic rings. The number of fused-ring (bicyclic) bond motifs is 1. The Labute approximate surface area is 189 Å². The summed E-state index contributed by atoms with van der Waals surface area (Å²) in [5.74, 6) is 0.125. The Morgan fingerprint density at radius 3 is 2.59 bits per heavy atom. The fraction of sp³-hybridized carbons (Fsp3) is 0.565. The number of aromatic nitrogens is 3. The van der Waals surface area contributed by atoms with Crippen molar-refractivity contribution in [2.45, 2.75) is 71.8 Å². The molecule has 2 aromatic heterocycles. The molecule has 0 aromatic carbocycles. The molecule has 0 bridgehead atoms. The van der Waals surface area contributed by atoms with E-state index in [0.717, 1.165) is 17.8 Å². The van der Waals surface area contributed by atoms with Crippen LogP contribution in [0.2, 0.25) is 0 Å². The first kappa shape index (κ1) is 22.3. The highest BCUT2D eigenvalue weighted by Gasteiger charge is 2.47. The highest BCUT2D eigenvalue weighted by atomic mass is 16.2. The van der Waals surface area contributed by atoms with Crippen molar-refractivity contribution in [2.75, 3.05) is 18.4 Å². The number of anilines is 1. The quantitative estimate of drug-likeness (QED) is 0.766. The molecule has 3 amide bonds. The Kier molecular flexibility index (Phi) is 5.70. The van der Waals surface area contributed by atoms with Crippen molar-refractivity contribution in [3.8, 4) is 0 Å². The largest absolute Gasteiger partial charge is 0.321 e. The van der Waals surface area contributed by atoms with Crippen molar-refractivity contribution >= 4 is 17.8 Å². The van der Waals surface area contributed by atoms with Crippen LogP contribution in [0, 0.1) is 0 Å². The molecule has 4 heterocycles. The van der Waals surface area contributed by atoms with Gasteiger partial charge < -0.3 is 15.1 Å². The number of urea groups is 1. The second-order valence-corrected chi connectivity index (χ2v) is 9.66. The molecule has 9 nitrogen and oxygen atoms in total. The normalized spacial score (nSPS) is 22.8. The number of carbonyl (C=O) groups is 2. The van der Waals surface area contributed by atoms with E-state index < -0.39 is 5.54 Å². The number of H-pyrrole nitrogens is 1. The summed E-state index contributed by atoms with van der Waals surface area (Å²) < 4.78 is 0. The molecular formula is C23H33N7O2. The average molecular weight is 440 g/mol. The summed E-state index contributed by atoms with van der Waals surface area (Å²) in [4.78, 5) is 36.6. The second kappa shape index (κ2) is 8.20. The van der Waals surface area contributed by atoms with Gasteiger partial charge in [-0.05, 0) is 53.7 Å². The fourth-order valence-electron chi connectivity index (χ4n) is 4.89. The number of pyridine rings is 1. The second-order valence-electron chi connectivity index (χ2n) is 9.66. The minimum absolute atomic E-state index is 0.0179. The van der Waals surface area contributed by atoms with E-state index in [-0.39, 0.29) is 18.0 Å². The number of piperazine rings is 1. The zero-order valence-electron chi connectivity index (χ0n) is 19.7. The van der Waals surface area contributed by atoms with Gasteiger partial charge in [-0.2, -0.15) is 5.10 Å². The SMILES string of the molecule is CC(C)N1C[C@H](C)N(C(=O)N2Cc3c(NC(=O)c4ccccn4)n[nH]c3C2(C)C)C[C@H]1C. The topological polar surface area (TPSA) is 97.5 Å². The van der Waals surface area contributed by atoms with E-state index in [1.165, 1.54) is 0 Å². The highest BCUT2D eigenvalue weighted by molar-refractivity contribution is 6.02. The lowest BCUT2D eigenvalue weighted by molar-refractivity contribution is 0.0215. The molecule has 4 rings (SSSR count). The maximum absolute atomic E-state index is 13.7. The van der Waals surface area contributed by atoms with Crippen LogP contribution in [-0.2, 0) is 12.1 Å². The van der Waals surface area contributed by atoms with E-state index in [4.69, 9.17) is 0 Å². The van der Waals surface area contributed by atoms with Crippen molar-refractivity contribution in [1.82, 2.24) is 29.9 Å². The third-order valence-electron chi connectivity index (χ3n) is 6.77. The molecule has 0 unspecified atom stereocenters. The van der Waals surface area contributed by atoms with E-state index in [9.17, 15) is 9.59 Å². The Hall–Kier alpha value is -2.94. The summed E-state index contributed by atoms with van der Waals surface area (Å²) in [6, 6.07) is 6.07. The van der Waals surface area contributed by atoms with Crippen LogP contribution >= 0.6 is 0 Å². The van der Waals surface area contributed by atoms with Crippen LogP contribution in [0.15, 0.2) is 24.4 Å². The Morgan fingerprint density at radius 1 is 1.19 bits per heavy atom. The Bertz CT molecular complexity index is 1000. The lowest BCUT2D eigenvalue weighted by Gasteiger charge is -2.48. The summed E-state index contributed by atoms with van der Waals surface area (Å²) in [7, 11) is 0. The maximum Gasteiger partial charge on any atom is 0.321 e. The molecule has 0 saturated carbocycles. The van der Waals surface area contributed by atoms with Crippen LogP contribution in [0.1, 0.15) is 63.3 Å². The maximum atomic E-state index is 13.7. The summed E-state index contributed by atoms with van der Waals surface area (Å²) in [6.45, 7) is 14.7. The standard InChI is InChI=1S/C23H33N7O2/c1-14(2)28-11-16(4)29(12-15(28)3)22(32)30-13-17-19(23(30,5)6)26-27-20(17)25-21(31)18-9-7-8-10-24-18/h7-10,14-16H,11-13H2,1-6H3,(H2,25,26,27,31)/t15-,16+/m1/s1. The molecular weight excluding hydrogens is 406 g/mol. The van der Waals surface area contributed by atoms with Gasteiger partial charge in [-0.3, -0.25) is 19.8 Å². The summed E-state index contributed by atoms with van der Waals surface area (Å²) in [5, 5.41) is 10.2. The number of amides is 3. The Balaban J connectivity index is 1.53. The van der Waals surface area contributed by atoms with Gasteiger partial charge in [0.15, 0.2) is 5.82 Å². The van der Waals surface area contributed by atoms with E-state index in [0.29, 0.717) is 36.7 Å². The van der Waals surface area contributed by atoms with Gasteiger partial charge in [0, 0.05) is 43.0 Å². The van der Waals surface area contributed by atoms with E-state index >= 15 is 0 Å². The van der Waals surface area contributed by atoms with Crippen LogP contribution in [-0.4, -0.2) is 73.0 Å². The molecule has 172 valence electrons. The number of nitrogens with one attached hydrogen (secondary N) is 2. The van der Waals surface area contributed by atoms with Crippen LogP contribution in [0.4, 0.5) is 10.6 Å². The number of hydrogen-bond donors (Lipinski definition) is 2. The zero-order chi connectivity index (χ0) is 23.2. The van der Waals surface area contributed by atoms with Crippen molar-refractivity contribution in [3.05, 3.63) is 41.3 Å². The smallest absolute Gasteiger partial charge is 0.319 e. The minimum atomic E-state index is -0.564. The van der Waals surface area contributed by atoms with Gasteiger partial charge in [-0.15, -0.1) is 0 Å². The van der Waals surface area contributed by atoms with Crippen LogP contribution in [0.5, 0.6) is 0 Å². The van der Waals surface area contributed by atoms with Gasteiger partial charge in [0.05, 0.1) is 17.8 Å². The predicted molar refractivity (Wildman–Crippen MR) is 122 cm³/mol. The molecule has 0 spiro atoms. The van der Waals surface area contributed by atoms with Gasteiger partial charge >= 0.3 is 6.03 Å². The number of carbonyl (C=O) groups excluding carboxylic acids is 2. The average Bonchev–Trinajstić information content (AvgIpc) is 3.27. The van der Waals surface area contributed by atoms with Gasteiger partial charge in [0.2, 0.25) is 0 Å². The number of aromatic amines is 1. The number of nitrogens with zero attached hydrogens (tertiary/aromatic N) is 5. The molecule has 2 N–H and O–H groups in total. The molecule has 2 aliphatic heterocycles. The van der Waals surface area contributed by atoms with Crippen molar-refractivity contribution in [3.63, 3.8) is 0 Å². The third-order valence-corrected chi connectivity index (χ3v) is 6.77. The lowest BCUT2D eigenvalue weighted by Crippen LogP contribution is -2.62. The first-order valence-corrected chi connectivity index (χ1v) is 11.2. The minimum Gasteiger partial charge on any atom is -0.319 e. The molecule has 2 atom stereocenters. The van der Waals surface area contributed by atoms with E-state index in [2.05, 4.69) is 53.1 Å². The third kappa shape index (κ3) is 3.74. The van der Waals surface area contributed by atoms with Gasteiger partial charge in [-0.25, -0.2) is 4.79 Å². The monoisotopic (exact) mass is 439 g/mol. The summed E-state index contributed by atoms with van der Waals surface area (Å²) in [6.07, 6.45) is 1.58. The molecule has 32 heavy (non-hydrogen) atoms. The molecule has 0 radical (unpaired) electrons. The summed E-state index contributed by atoms with van der Waals surface area (Å²) >= 11 is 0. The first-order valence-electron chi connectivity index (χ1n) is 11.2. The van der Waals surface area contributed by atoms with E-state index in [1.807, 2.05) is 23.6 Å². The predicted octanol–water partition coefficient (Wildman–Crippen LogP) is 3.03. The first-order chi connectivity index (χ1) is 15.1. The lowest BCUT2D eigenvalue weighted by atomic mass is 10.0. The Morgan fingerprint density at radius 2 is 1.94 bits per heavy atom. The van der Waals surface area contributed by atoms with Crippen molar-refractivity contribution < 1.29 is 9.59 Å². The van der Waals surface area contributed by atoms with Gasteiger partial charge in [0.1, 0.15) is 5.69 Å². The number of rotatable bonds is 3. The number of hydrogen-bond acceptors (Lipinski definition) is 5. The molecule has 0 aliphatic carbocycles. The summed E-state index contributed by atoms with van der Waals surface area (Å²) in [5.41, 5.74) is 1.45. The van der Waals surface area contributed by atoms with Crippen LogP contribution < -0.4 is 5.32 Å². The molecule has 2 aliphatic rings. The molecule has 1 fully saturated rings. The van der Waals surface area contributed by atoms with Gasteiger partial charge in [-0.1, -0.05) is 6.07 Å². The van der Waals surface area contributed by atoms with E-state index in [1.54, 1.807) is 24.4 Å². The van der Waals surface area contributed by atoms with Crippen LogP contribution in [0.25, 0.3) is 0 Å². The fourth-order valence-corrected chi connectivity index (χ4v) is 4.89. The van der Waals surface area contributed by atoms with Crippen molar-refractivity contribution in [1.29, 1.82) is 0 Å². The van der Waals surface area contributed by atoms with Crippen molar-refractivity contribution in [2.24, 2.45) is 0 Å². The molecule has 9 heteroatoms. The zero-order valence-corrected chi connectivity index (χ0v) is 19.7. The van der Waals surface area contributed by atoms with Crippen LogP contribution in [0.3, 0.4) is 0 Å². The highest BCUT2D eigenvalue weighted by Crippen LogP contribution is 2.41. The molecule has 1 saturated heterocycles. The van der Waals surface area contributed by atoms with Gasteiger partial charge in [0.25, 0.3) is 5.91 Å².